The van der Waals surface area contributed by atoms with Crippen molar-refractivity contribution >= 4 is 11.9 Å². The number of aryl methyl sites for hydroxylation is 1. The van der Waals surface area contributed by atoms with Gasteiger partial charge in [-0.2, -0.15) is 13.2 Å². The minimum absolute atomic E-state index is 0.0153. The second-order valence-electron chi connectivity index (χ2n) is 11.6. The van der Waals surface area contributed by atoms with Gasteiger partial charge in [0.15, 0.2) is 0 Å². The van der Waals surface area contributed by atoms with Gasteiger partial charge in [0.1, 0.15) is 5.82 Å². The minimum atomic E-state index is -5.06. The van der Waals surface area contributed by atoms with E-state index in [-0.39, 0.29) is 17.9 Å². The molecular weight excluding hydrogens is 517 g/mol. The van der Waals surface area contributed by atoms with Gasteiger partial charge in [0.25, 0.3) is 0 Å². The summed E-state index contributed by atoms with van der Waals surface area (Å²) in [5.41, 5.74) is -2.47. The Morgan fingerprint density at radius 2 is 1.69 bits per heavy atom. The van der Waals surface area contributed by atoms with Gasteiger partial charge in [0.2, 0.25) is 11.6 Å². The summed E-state index contributed by atoms with van der Waals surface area (Å²) < 4.78 is 69.4. The average molecular weight is 550 g/mol. The minimum Gasteiger partial charge on any atom is -0.481 e. The average Bonchev–Trinajstić information content (AvgIpc) is 3.26. The Labute approximate surface area is 224 Å². The van der Waals surface area contributed by atoms with Crippen LogP contribution in [0, 0.1) is 17.7 Å². The SMILES string of the molecule is CC(F)(c1ccc2c(c1)CCC1N(C(=O)C3CCC(C(=O)O)CC3)CCC21Cc1cccc(F)c1)C(F)(F)F. The third kappa shape index (κ3) is 4.82. The van der Waals surface area contributed by atoms with Crippen LogP contribution < -0.4 is 0 Å². The molecule has 1 amide bonds. The number of aliphatic carboxylic acids is 1. The molecule has 39 heavy (non-hydrogen) atoms. The Kier molecular flexibility index (Phi) is 7.00. The van der Waals surface area contributed by atoms with Crippen molar-refractivity contribution in [1.29, 1.82) is 0 Å². The number of rotatable bonds is 5. The zero-order valence-corrected chi connectivity index (χ0v) is 21.7. The predicted octanol–water partition coefficient (Wildman–Crippen LogP) is 6.49. The fourth-order valence-corrected chi connectivity index (χ4v) is 7.12. The third-order valence-corrected chi connectivity index (χ3v) is 9.33. The molecule has 0 aromatic heterocycles. The number of hydrogen-bond acceptors (Lipinski definition) is 2. The molecule has 9 heteroatoms. The molecule has 0 bridgehead atoms. The number of carboxylic acid groups (broad SMARTS) is 1. The molecule has 1 saturated heterocycles. The van der Waals surface area contributed by atoms with Crippen LogP contribution in [0.15, 0.2) is 42.5 Å². The highest BCUT2D eigenvalue weighted by Gasteiger charge is 2.56. The molecule has 3 atom stereocenters. The quantitative estimate of drug-likeness (QED) is 0.434. The predicted molar refractivity (Wildman–Crippen MR) is 134 cm³/mol. The molecule has 210 valence electrons. The second-order valence-corrected chi connectivity index (χ2v) is 11.6. The molecule has 2 aromatic carbocycles. The highest BCUT2D eigenvalue weighted by atomic mass is 19.4. The molecule has 1 heterocycles. The Balaban J connectivity index is 1.50. The highest BCUT2D eigenvalue weighted by molar-refractivity contribution is 5.80. The monoisotopic (exact) mass is 549 g/mol. The molecular formula is C30H32F5NO3. The van der Waals surface area contributed by atoms with E-state index in [1.165, 1.54) is 24.3 Å². The normalized spacial score (nSPS) is 28.4. The number of amides is 1. The number of nitrogens with zero attached hydrogens (tertiary/aromatic N) is 1. The van der Waals surface area contributed by atoms with Gasteiger partial charge in [-0.1, -0.05) is 30.3 Å². The summed E-state index contributed by atoms with van der Waals surface area (Å²) >= 11 is 0. The topological polar surface area (TPSA) is 57.6 Å². The number of halogens is 5. The van der Waals surface area contributed by atoms with Crippen molar-refractivity contribution in [3.8, 4) is 0 Å². The van der Waals surface area contributed by atoms with E-state index in [0.29, 0.717) is 70.4 Å². The van der Waals surface area contributed by atoms with E-state index >= 15 is 0 Å². The van der Waals surface area contributed by atoms with Crippen molar-refractivity contribution in [3.05, 3.63) is 70.5 Å². The van der Waals surface area contributed by atoms with Gasteiger partial charge in [-0.05, 0) is 92.7 Å². The van der Waals surface area contributed by atoms with Gasteiger partial charge < -0.3 is 10.0 Å². The fourth-order valence-electron chi connectivity index (χ4n) is 7.12. The first-order chi connectivity index (χ1) is 18.3. The highest BCUT2D eigenvalue weighted by Crippen LogP contribution is 2.51. The lowest BCUT2D eigenvalue weighted by Gasteiger charge is -2.45. The van der Waals surface area contributed by atoms with Crippen LogP contribution in [-0.2, 0) is 33.5 Å². The lowest BCUT2D eigenvalue weighted by molar-refractivity contribution is -0.228. The van der Waals surface area contributed by atoms with E-state index in [9.17, 15) is 36.6 Å². The Morgan fingerprint density at radius 3 is 2.33 bits per heavy atom. The molecule has 3 unspecified atom stereocenters. The molecule has 0 spiro atoms. The van der Waals surface area contributed by atoms with Crippen LogP contribution in [0.1, 0.15) is 67.7 Å². The third-order valence-electron chi connectivity index (χ3n) is 9.33. The molecule has 4 nitrogen and oxygen atoms in total. The Hall–Kier alpha value is -2.97. The van der Waals surface area contributed by atoms with E-state index in [0.717, 1.165) is 11.1 Å². The van der Waals surface area contributed by atoms with Crippen molar-refractivity contribution in [2.75, 3.05) is 6.54 Å². The zero-order valence-electron chi connectivity index (χ0n) is 21.7. The van der Waals surface area contributed by atoms with Gasteiger partial charge in [0.05, 0.1) is 5.92 Å². The fraction of sp³-hybridized carbons (Fsp3) is 0.533. The van der Waals surface area contributed by atoms with Gasteiger partial charge in [0, 0.05) is 23.9 Å². The standard InChI is InChI=1S/C30H32F5NO3/c1-28(32,30(33,34)35)22-10-11-24-21(16-22)9-12-25-29(24,17-18-3-2-4-23(31)15-18)13-14-36(25)26(37)19-5-7-20(8-6-19)27(38)39/h2-4,10-11,15-16,19-20,25H,5-9,12-14,17H2,1H3,(H,38,39). The smallest absolute Gasteiger partial charge is 0.426 e. The van der Waals surface area contributed by atoms with Crippen molar-refractivity contribution < 1.29 is 36.6 Å². The van der Waals surface area contributed by atoms with Crippen LogP contribution in [0.25, 0.3) is 0 Å². The summed E-state index contributed by atoms with van der Waals surface area (Å²) in [5, 5.41) is 9.32. The molecule has 2 aliphatic carbocycles. The lowest BCUT2D eigenvalue weighted by atomic mass is 9.63. The summed E-state index contributed by atoms with van der Waals surface area (Å²) in [4.78, 5) is 27.0. The largest absolute Gasteiger partial charge is 0.481 e. The number of fused-ring (bicyclic) bond motifs is 3. The van der Waals surface area contributed by atoms with E-state index < -0.39 is 40.5 Å². The molecule has 1 aliphatic heterocycles. The molecule has 0 radical (unpaired) electrons. The van der Waals surface area contributed by atoms with Crippen LogP contribution in [0.3, 0.4) is 0 Å². The number of alkyl halides is 4. The van der Waals surface area contributed by atoms with Crippen molar-refractivity contribution in [2.45, 2.75) is 81.6 Å². The number of hydrogen-bond donors (Lipinski definition) is 1. The lowest BCUT2D eigenvalue weighted by Crippen LogP contribution is -2.51. The van der Waals surface area contributed by atoms with Crippen molar-refractivity contribution in [1.82, 2.24) is 4.90 Å². The van der Waals surface area contributed by atoms with Crippen molar-refractivity contribution in [3.63, 3.8) is 0 Å². The molecule has 1 saturated carbocycles. The van der Waals surface area contributed by atoms with Gasteiger partial charge >= 0.3 is 12.1 Å². The summed E-state index contributed by atoms with van der Waals surface area (Å²) in [6.45, 7) is 0.972. The first kappa shape index (κ1) is 27.6. The van der Waals surface area contributed by atoms with E-state index in [2.05, 4.69) is 0 Å². The van der Waals surface area contributed by atoms with E-state index in [1.807, 2.05) is 4.90 Å². The Morgan fingerprint density at radius 1 is 1.00 bits per heavy atom. The van der Waals surface area contributed by atoms with Crippen LogP contribution in [0.4, 0.5) is 22.0 Å². The van der Waals surface area contributed by atoms with Gasteiger partial charge in [-0.3, -0.25) is 9.59 Å². The first-order valence-electron chi connectivity index (χ1n) is 13.5. The first-order valence-corrected chi connectivity index (χ1v) is 13.5. The number of benzene rings is 2. The van der Waals surface area contributed by atoms with Gasteiger partial charge in [-0.15, -0.1) is 0 Å². The molecule has 2 fully saturated rings. The number of carbonyl (C=O) groups is 2. The van der Waals surface area contributed by atoms with Crippen LogP contribution >= 0.6 is 0 Å². The van der Waals surface area contributed by atoms with E-state index in [4.69, 9.17) is 0 Å². The second kappa shape index (κ2) is 9.89. The number of carboxylic acids is 1. The maximum Gasteiger partial charge on any atom is 0.426 e. The number of carbonyl (C=O) groups excluding carboxylic acids is 1. The van der Waals surface area contributed by atoms with E-state index in [1.54, 1.807) is 18.2 Å². The zero-order chi connectivity index (χ0) is 28.2. The molecule has 2 aromatic rings. The van der Waals surface area contributed by atoms with Crippen molar-refractivity contribution in [2.24, 2.45) is 11.8 Å². The van der Waals surface area contributed by atoms with Crippen LogP contribution in [0.5, 0.6) is 0 Å². The van der Waals surface area contributed by atoms with Crippen LogP contribution in [0.2, 0.25) is 0 Å². The molecule has 3 aliphatic rings. The molecule has 1 N–H and O–H groups in total. The Bertz CT molecular complexity index is 1270. The number of likely N-dealkylation sites (tertiary alicyclic amines) is 1. The molecule has 5 rings (SSSR count). The summed E-state index contributed by atoms with van der Waals surface area (Å²) in [6.07, 6.45) is -1.33. The summed E-state index contributed by atoms with van der Waals surface area (Å²) in [6, 6.07) is 10.0. The summed E-state index contributed by atoms with van der Waals surface area (Å²) in [5.74, 6) is -1.96. The maximum absolute atomic E-state index is 14.8. The van der Waals surface area contributed by atoms with Crippen LogP contribution in [-0.4, -0.2) is 40.6 Å². The van der Waals surface area contributed by atoms with Gasteiger partial charge in [-0.25, -0.2) is 8.78 Å². The summed E-state index contributed by atoms with van der Waals surface area (Å²) in [7, 11) is 0. The maximum atomic E-state index is 14.8.